The van der Waals surface area contributed by atoms with Gasteiger partial charge in [0.25, 0.3) is 5.91 Å². The van der Waals surface area contributed by atoms with Crippen molar-refractivity contribution in [1.29, 1.82) is 0 Å². The number of hydrogen-bond acceptors (Lipinski definition) is 20. The number of fused-ring (bicyclic) bond motifs is 1. The molecule has 0 saturated carbocycles. The molecule has 27 nitrogen and oxygen atoms in total. The van der Waals surface area contributed by atoms with Gasteiger partial charge in [-0.3, -0.25) is 37.3 Å². The number of anilines is 1. The van der Waals surface area contributed by atoms with Gasteiger partial charge < -0.3 is 56.0 Å². The summed E-state index contributed by atoms with van der Waals surface area (Å²) < 4.78 is 62.8. The van der Waals surface area contributed by atoms with Crippen LogP contribution in [-0.4, -0.2) is 145 Å². The van der Waals surface area contributed by atoms with Crippen LogP contribution in [0, 0.1) is 5.41 Å². The van der Waals surface area contributed by atoms with Crippen LogP contribution in [0.4, 0.5) is 5.82 Å². The number of aliphatic hydroxyl groups is 3. The van der Waals surface area contributed by atoms with Crippen LogP contribution in [0.15, 0.2) is 12.7 Å². The molecule has 4 unspecified atom stereocenters. The zero-order chi connectivity index (χ0) is 41.8. The normalized spacial score (nSPS) is 24.6. The van der Waals surface area contributed by atoms with E-state index in [9.17, 15) is 67.8 Å². The second-order valence-corrected chi connectivity index (χ2v) is 17.9. The van der Waals surface area contributed by atoms with Gasteiger partial charge in [0.1, 0.15) is 42.4 Å². The van der Waals surface area contributed by atoms with E-state index in [1.165, 1.54) is 13.8 Å². The number of nitrogen functional groups attached to an aromatic ring is 1. The number of phosphoric acid groups is 3. The first-order chi connectivity index (χ1) is 25.9. The van der Waals surface area contributed by atoms with Gasteiger partial charge in [0.05, 0.1) is 26.0 Å². The number of rotatable bonds is 20. The molecule has 4 heterocycles. The van der Waals surface area contributed by atoms with Crippen molar-refractivity contribution < 1.29 is 90.4 Å². The number of aromatic nitrogens is 4. The number of carbonyl (C=O) groups excluding carboxylic acids is 4. The fourth-order valence-electron chi connectivity index (χ4n) is 5.00. The van der Waals surface area contributed by atoms with E-state index >= 15 is 0 Å². The van der Waals surface area contributed by atoms with E-state index in [4.69, 9.17) is 19.5 Å². The lowest BCUT2D eigenvalue weighted by atomic mass is 9.87. The Balaban J connectivity index is 1.24. The third-order valence-electron chi connectivity index (χ3n) is 7.80. The summed E-state index contributed by atoms with van der Waals surface area (Å²) in [6.45, 7) is 0.135. The zero-order valence-electron chi connectivity index (χ0n) is 29.2. The number of ether oxygens (including phenoxy) is 1. The number of imide groups is 1. The van der Waals surface area contributed by atoms with Crippen molar-refractivity contribution in [3.8, 4) is 0 Å². The van der Waals surface area contributed by atoms with Gasteiger partial charge >= 0.3 is 23.5 Å². The standard InChI is InChI=1S/C25H39N8O19P3S/c1-25(2,19(38)22(39)28-4-3-14(35)27-5-6-56-33-15(36)7-12(34)23(33)40)9-49-55(46,47)52-54(44,45)48-8-13-18(51-53(41,42)43)17(37)24(50-13)32-11-31-16-20(26)29-10-30-21(16)32/h10-13,17-19,24,34,37-38H,3-9H2,1-2H3,(H,27,35)(H,28,39)(H,44,45)(H,46,47)(H2,26,29,30)(H2,41,42,43)/t12?,13-,17-,18-,19?,24-/m1/s1. The van der Waals surface area contributed by atoms with Crippen LogP contribution in [-0.2, 0) is 55.5 Å². The molecule has 0 aromatic carbocycles. The Labute approximate surface area is 319 Å². The summed E-state index contributed by atoms with van der Waals surface area (Å²) in [6.07, 6.45) is -8.85. The van der Waals surface area contributed by atoms with Gasteiger partial charge in [-0.25, -0.2) is 33.0 Å². The summed E-state index contributed by atoms with van der Waals surface area (Å²) in [5, 5.41) is 35.6. The molecule has 31 heteroatoms. The maximum absolute atomic E-state index is 12.7. The fraction of sp³-hybridized carbons (Fsp3) is 0.640. The van der Waals surface area contributed by atoms with E-state index in [0.29, 0.717) is 0 Å². The summed E-state index contributed by atoms with van der Waals surface area (Å²) in [7, 11) is -16.5. The predicted octanol–water partition coefficient (Wildman–Crippen LogP) is -2.83. The third-order valence-corrected chi connectivity index (χ3v) is 11.9. The smallest absolute Gasteiger partial charge is 0.386 e. The minimum absolute atomic E-state index is 0.0185. The molecule has 2 aromatic heterocycles. The molecular formula is C25H39N8O19P3S. The van der Waals surface area contributed by atoms with Crippen LogP contribution in [0.2, 0.25) is 0 Å². The molecule has 0 aliphatic carbocycles. The number of amides is 4. The molecule has 2 saturated heterocycles. The minimum Gasteiger partial charge on any atom is -0.386 e. The topological polar surface area (TPSA) is 404 Å². The number of nitrogens with one attached hydrogen (secondary N) is 2. The van der Waals surface area contributed by atoms with Crippen LogP contribution < -0.4 is 16.4 Å². The number of imidazole rings is 1. The van der Waals surface area contributed by atoms with E-state index in [1.54, 1.807) is 0 Å². The second kappa shape index (κ2) is 18.3. The van der Waals surface area contributed by atoms with Crippen molar-refractivity contribution >= 4 is 76.0 Å². The van der Waals surface area contributed by atoms with Crippen molar-refractivity contribution in [2.45, 2.75) is 63.4 Å². The highest BCUT2D eigenvalue weighted by Gasteiger charge is 2.50. The molecular weight excluding hydrogens is 841 g/mol. The molecule has 4 amide bonds. The van der Waals surface area contributed by atoms with Crippen molar-refractivity contribution in [3.63, 3.8) is 0 Å². The van der Waals surface area contributed by atoms with Crippen LogP contribution >= 0.6 is 35.4 Å². The highest BCUT2D eigenvalue weighted by atomic mass is 32.2. The average Bonchev–Trinajstić information content (AvgIpc) is 3.73. The summed E-state index contributed by atoms with van der Waals surface area (Å²) >= 11 is 0.811. The van der Waals surface area contributed by atoms with E-state index in [2.05, 4.69) is 34.4 Å². The Morgan fingerprint density at radius 1 is 1.07 bits per heavy atom. The van der Waals surface area contributed by atoms with Gasteiger partial charge in [0.15, 0.2) is 17.7 Å². The molecule has 0 bridgehead atoms. The fourth-order valence-corrected chi connectivity index (χ4v) is 8.67. The highest BCUT2D eigenvalue weighted by Crippen LogP contribution is 2.61. The Morgan fingerprint density at radius 3 is 2.39 bits per heavy atom. The van der Waals surface area contributed by atoms with Crippen LogP contribution in [0.3, 0.4) is 0 Å². The first-order valence-corrected chi connectivity index (χ1v) is 21.4. The quantitative estimate of drug-likeness (QED) is 0.0277. The van der Waals surface area contributed by atoms with Gasteiger partial charge in [-0.15, -0.1) is 0 Å². The molecule has 2 fully saturated rings. The Hall–Kier alpha value is -3.01. The maximum Gasteiger partial charge on any atom is 0.481 e. The molecule has 0 radical (unpaired) electrons. The molecule has 8 atom stereocenters. The molecule has 314 valence electrons. The van der Waals surface area contributed by atoms with E-state index in [1.807, 2.05) is 0 Å². The number of nitrogens with zero attached hydrogens (tertiary/aromatic N) is 5. The number of hydrogen-bond donors (Lipinski definition) is 10. The SMILES string of the molecule is CC(C)(COP(=O)(O)OP(=O)(O)OC[C@H]1O[C@@H](n2cnc3c(N)ncnc32)[C@H](O)[C@@H]1OP(=O)(O)O)C(O)C(=O)NCCC(=O)NCCSN1C(=O)CC(O)C1=O. The van der Waals surface area contributed by atoms with Gasteiger partial charge in [-0.05, 0) is 11.9 Å². The Morgan fingerprint density at radius 2 is 1.75 bits per heavy atom. The van der Waals surface area contributed by atoms with Crippen LogP contribution in [0.1, 0.15) is 32.9 Å². The lowest BCUT2D eigenvalue weighted by molar-refractivity contribution is -0.137. The number of carbonyl (C=O) groups is 4. The summed E-state index contributed by atoms with van der Waals surface area (Å²) in [6, 6.07) is 0. The van der Waals surface area contributed by atoms with Crippen molar-refractivity contribution in [1.82, 2.24) is 34.5 Å². The van der Waals surface area contributed by atoms with Crippen molar-refractivity contribution in [2.75, 3.05) is 37.8 Å². The van der Waals surface area contributed by atoms with E-state index < -0.39 is 102 Å². The second-order valence-electron chi connectivity index (χ2n) is 12.6. The molecule has 56 heavy (non-hydrogen) atoms. The molecule has 11 N–H and O–H groups in total. The van der Waals surface area contributed by atoms with Crippen LogP contribution in [0.25, 0.3) is 11.2 Å². The Kier molecular flexibility index (Phi) is 14.9. The highest BCUT2D eigenvalue weighted by molar-refractivity contribution is 7.98. The maximum atomic E-state index is 12.7. The summed E-state index contributed by atoms with van der Waals surface area (Å²) in [4.78, 5) is 98.8. The Bertz CT molecular complexity index is 1930. The van der Waals surface area contributed by atoms with E-state index in [0.717, 1.165) is 33.5 Å². The molecule has 0 spiro atoms. The molecule has 2 aromatic rings. The van der Waals surface area contributed by atoms with Gasteiger partial charge in [0.2, 0.25) is 17.7 Å². The summed E-state index contributed by atoms with van der Waals surface area (Å²) in [5.74, 6) is -2.81. The minimum atomic E-state index is -5.59. The third kappa shape index (κ3) is 12.0. The van der Waals surface area contributed by atoms with Gasteiger partial charge in [0, 0.05) is 30.7 Å². The largest absolute Gasteiger partial charge is 0.481 e. The number of aliphatic hydroxyl groups excluding tert-OH is 3. The lowest BCUT2D eigenvalue weighted by Crippen LogP contribution is -2.46. The average molecular weight is 881 g/mol. The van der Waals surface area contributed by atoms with Gasteiger partial charge in [-0.2, -0.15) is 4.31 Å². The summed E-state index contributed by atoms with van der Waals surface area (Å²) in [5.41, 5.74) is 4.19. The monoisotopic (exact) mass is 880 g/mol. The lowest BCUT2D eigenvalue weighted by Gasteiger charge is -2.30. The number of nitrogens with two attached hydrogens (primary N) is 1. The molecule has 2 aliphatic rings. The molecule has 2 aliphatic heterocycles. The predicted molar refractivity (Wildman–Crippen MR) is 185 cm³/mol. The van der Waals surface area contributed by atoms with Crippen LogP contribution in [0.5, 0.6) is 0 Å². The first-order valence-electron chi connectivity index (χ1n) is 16.0. The van der Waals surface area contributed by atoms with E-state index in [-0.39, 0.29) is 48.7 Å². The molecule has 4 rings (SSSR count). The number of phosphoric ester groups is 3. The zero-order valence-corrected chi connectivity index (χ0v) is 32.7. The van der Waals surface area contributed by atoms with Gasteiger partial charge in [-0.1, -0.05) is 13.8 Å². The van der Waals surface area contributed by atoms with Crippen molar-refractivity contribution in [2.24, 2.45) is 5.41 Å². The first kappa shape index (κ1) is 45.7. The van der Waals surface area contributed by atoms with Crippen molar-refractivity contribution in [3.05, 3.63) is 12.7 Å².